The number of benzene rings is 1. The summed E-state index contributed by atoms with van der Waals surface area (Å²) in [5.41, 5.74) is 1.18. The number of thiophene rings is 1. The Morgan fingerprint density at radius 1 is 1.21 bits per heavy atom. The Labute approximate surface area is 168 Å². The Hall–Kier alpha value is -3.60. The van der Waals surface area contributed by atoms with E-state index in [-0.39, 0.29) is 16.8 Å². The van der Waals surface area contributed by atoms with Gasteiger partial charge < -0.3 is 15.4 Å². The lowest BCUT2D eigenvalue weighted by Gasteiger charge is -2.11. The molecule has 2 N–H and O–H groups in total. The number of carbonyl (C=O) groups is 3. The molecule has 0 unspecified atom stereocenters. The summed E-state index contributed by atoms with van der Waals surface area (Å²) in [6.07, 6.45) is 3.28. The number of carbonyl (C=O) groups excluding carboxylic acids is 3. The smallest absolute Gasteiger partial charge is 0.351 e. The fourth-order valence-corrected chi connectivity index (χ4v) is 3.34. The van der Waals surface area contributed by atoms with Crippen LogP contribution in [0.2, 0.25) is 0 Å². The van der Waals surface area contributed by atoms with Crippen LogP contribution in [0, 0.1) is 0 Å². The number of amides is 2. The maximum absolute atomic E-state index is 12.3. The summed E-state index contributed by atoms with van der Waals surface area (Å²) in [4.78, 5) is 37.2. The maximum Gasteiger partial charge on any atom is 0.351 e. The summed E-state index contributed by atoms with van der Waals surface area (Å²) >= 11 is 1.15. The Morgan fingerprint density at radius 2 is 2.03 bits per heavy atom. The van der Waals surface area contributed by atoms with Crippen molar-refractivity contribution in [3.63, 3.8) is 0 Å². The van der Waals surface area contributed by atoms with Crippen LogP contribution in [-0.2, 0) is 9.53 Å². The molecular weight excluding hydrogens is 396 g/mol. The molecule has 10 nitrogen and oxygen atoms in total. The third-order valence-electron chi connectivity index (χ3n) is 4.12. The van der Waals surface area contributed by atoms with Gasteiger partial charge in [0.25, 0.3) is 11.8 Å². The molecule has 2 heterocycles. The number of rotatable bonds is 7. The molecule has 11 heteroatoms. The standard InChI is InChI=1S/C18H16N6O4S/c25-15(21-13-4-2-1-3-12(13)17(26)20-11-5-6-11)9-28-18(27)16-14(7-8-29-16)24-10-19-22-23-24/h1-4,7-8,10-11H,5-6,9H2,(H,20,26)(H,21,25). The highest BCUT2D eigenvalue weighted by Gasteiger charge is 2.25. The van der Waals surface area contributed by atoms with E-state index in [9.17, 15) is 14.4 Å². The number of anilines is 1. The van der Waals surface area contributed by atoms with Crippen molar-refractivity contribution in [3.05, 3.63) is 52.5 Å². The Morgan fingerprint density at radius 3 is 2.79 bits per heavy atom. The molecule has 1 saturated carbocycles. The van der Waals surface area contributed by atoms with Crippen molar-refractivity contribution in [1.82, 2.24) is 25.5 Å². The number of para-hydroxylation sites is 1. The first-order chi connectivity index (χ1) is 14.1. The van der Waals surface area contributed by atoms with Crippen molar-refractivity contribution in [2.24, 2.45) is 0 Å². The summed E-state index contributed by atoms with van der Waals surface area (Å²) in [7, 11) is 0. The molecule has 0 spiro atoms. The van der Waals surface area contributed by atoms with Crippen LogP contribution in [0.15, 0.2) is 42.0 Å². The number of nitrogens with zero attached hydrogens (tertiary/aromatic N) is 4. The molecule has 0 bridgehead atoms. The lowest BCUT2D eigenvalue weighted by atomic mass is 10.1. The molecule has 0 radical (unpaired) electrons. The first kappa shape index (κ1) is 18.7. The zero-order chi connectivity index (χ0) is 20.2. The average Bonchev–Trinajstić information content (AvgIpc) is 3.19. The molecule has 29 heavy (non-hydrogen) atoms. The lowest BCUT2D eigenvalue weighted by Crippen LogP contribution is -2.28. The molecule has 2 aromatic heterocycles. The van der Waals surface area contributed by atoms with Crippen molar-refractivity contribution in [1.29, 1.82) is 0 Å². The third kappa shape index (κ3) is 4.46. The molecular formula is C18H16N6O4S. The summed E-state index contributed by atoms with van der Waals surface area (Å²) in [6, 6.07) is 8.55. The second-order valence-electron chi connectivity index (χ2n) is 6.31. The summed E-state index contributed by atoms with van der Waals surface area (Å²) in [6.45, 7) is -0.496. The Kier molecular flexibility index (Phi) is 5.29. The van der Waals surface area contributed by atoms with Crippen LogP contribution in [0.4, 0.5) is 5.69 Å². The van der Waals surface area contributed by atoms with Crippen molar-refractivity contribution < 1.29 is 19.1 Å². The minimum Gasteiger partial charge on any atom is -0.451 e. The highest BCUT2D eigenvalue weighted by Crippen LogP contribution is 2.22. The van der Waals surface area contributed by atoms with Gasteiger partial charge >= 0.3 is 5.97 Å². The van der Waals surface area contributed by atoms with Gasteiger partial charge in [-0.2, -0.15) is 4.68 Å². The molecule has 148 valence electrons. The van der Waals surface area contributed by atoms with Crippen LogP contribution in [0.3, 0.4) is 0 Å². The highest BCUT2D eigenvalue weighted by molar-refractivity contribution is 7.12. The topological polar surface area (TPSA) is 128 Å². The van der Waals surface area contributed by atoms with Crippen molar-refractivity contribution in [3.8, 4) is 5.69 Å². The molecule has 3 aromatic rings. The zero-order valence-corrected chi connectivity index (χ0v) is 15.9. The van der Waals surface area contributed by atoms with Crippen molar-refractivity contribution in [2.45, 2.75) is 18.9 Å². The van der Waals surface area contributed by atoms with Gasteiger partial charge in [0, 0.05) is 6.04 Å². The van der Waals surface area contributed by atoms with E-state index in [1.54, 1.807) is 35.7 Å². The van der Waals surface area contributed by atoms with Crippen LogP contribution in [0.1, 0.15) is 32.9 Å². The van der Waals surface area contributed by atoms with E-state index in [0.29, 0.717) is 16.9 Å². The SMILES string of the molecule is O=C(COC(=O)c1sccc1-n1cnnn1)Nc1ccccc1C(=O)NC1CC1. The Balaban J connectivity index is 1.37. The second-order valence-corrected chi connectivity index (χ2v) is 7.22. The van der Waals surface area contributed by atoms with Gasteiger partial charge in [0.2, 0.25) is 0 Å². The van der Waals surface area contributed by atoms with Crippen LogP contribution < -0.4 is 10.6 Å². The van der Waals surface area contributed by atoms with Gasteiger partial charge in [-0.25, -0.2) is 4.79 Å². The van der Waals surface area contributed by atoms with Gasteiger partial charge in [0.05, 0.1) is 16.9 Å². The number of hydrogen-bond donors (Lipinski definition) is 2. The van der Waals surface area contributed by atoms with Crippen molar-refractivity contribution >= 4 is 34.8 Å². The fraction of sp³-hybridized carbons (Fsp3) is 0.222. The van der Waals surface area contributed by atoms with Gasteiger partial charge in [-0.1, -0.05) is 12.1 Å². The van der Waals surface area contributed by atoms with Gasteiger partial charge in [0.1, 0.15) is 11.2 Å². The van der Waals surface area contributed by atoms with Crippen LogP contribution in [0.5, 0.6) is 0 Å². The Bertz CT molecular complexity index is 1040. The van der Waals surface area contributed by atoms with E-state index in [2.05, 4.69) is 26.2 Å². The van der Waals surface area contributed by atoms with E-state index >= 15 is 0 Å². The zero-order valence-electron chi connectivity index (χ0n) is 15.1. The fourth-order valence-electron chi connectivity index (χ4n) is 2.57. The maximum atomic E-state index is 12.3. The third-order valence-corrected chi connectivity index (χ3v) is 5.00. The number of esters is 1. The van der Waals surface area contributed by atoms with Crippen LogP contribution in [0.25, 0.3) is 5.69 Å². The monoisotopic (exact) mass is 412 g/mol. The molecule has 0 atom stereocenters. The summed E-state index contributed by atoms with van der Waals surface area (Å²) in [5, 5.41) is 18.0. The first-order valence-electron chi connectivity index (χ1n) is 8.79. The van der Waals surface area contributed by atoms with E-state index in [4.69, 9.17) is 4.74 Å². The molecule has 1 aliphatic carbocycles. The quantitative estimate of drug-likeness (QED) is 0.562. The second kappa shape index (κ2) is 8.19. The van der Waals surface area contributed by atoms with E-state index in [0.717, 1.165) is 24.2 Å². The lowest BCUT2D eigenvalue weighted by molar-refractivity contribution is -0.119. The molecule has 1 fully saturated rings. The molecule has 0 aliphatic heterocycles. The minimum absolute atomic E-state index is 0.201. The summed E-state index contributed by atoms with van der Waals surface area (Å²) in [5.74, 6) is -1.46. The number of hydrogen-bond acceptors (Lipinski definition) is 8. The molecule has 4 rings (SSSR count). The molecule has 1 aliphatic rings. The van der Waals surface area contributed by atoms with Crippen molar-refractivity contribution in [2.75, 3.05) is 11.9 Å². The van der Waals surface area contributed by atoms with E-state index in [1.807, 2.05) is 0 Å². The van der Waals surface area contributed by atoms with E-state index < -0.39 is 18.5 Å². The highest BCUT2D eigenvalue weighted by atomic mass is 32.1. The van der Waals surface area contributed by atoms with Gasteiger partial charge in [-0.3, -0.25) is 9.59 Å². The minimum atomic E-state index is -0.666. The summed E-state index contributed by atoms with van der Waals surface area (Å²) < 4.78 is 6.45. The predicted molar refractivity (Wildman–Crippen MR) is 103 cm³/mol. The number of tetrazole rings is 1. The average molecular weight is 412 g/mol. The molecule has 2 amide bonds. The number of aromatic nitrogens is 4. The normalized spacial score (nSPS) is 13.0. The number of nitrogens with one attached hydrogen (secondary N) is 2. The first-order valence-corrected chi connectivity index (χ1v) is 9.67. The number of ether oxygens (including phenoxy) is 1. The largest absolute Gasteiger partial charge is 0.451 e. The predicted octanol–water partition coefficient (Wildman–Crippen LogP) is 1.41. The van der Waals surface area contributed by atoms with Crippen LogP contribution >= 0.6 is 11.3 Å². The van der Waals surface area contributed by atoms with Gasteiger partial charge in [-0.05, 0) is 46.8 Å². The van der Waals surface area contributed by atoms with E-state index in [1.165, 1.54) is 11.0 Å². The van der Waals surface area contributed by atoms with Gasteiger partial charge in [-0.15, -0.1) is 16.4 Å². The molecule has 1 aromatic carbocycles. The van der Waals surface area contributed by atoms with Gasteiger partial charge in [0.15, 0.2) is 6.61 Å². The van der Waals surface area contributed by atoms with Crippen LogP contribution in [-0.4, -0.2) is 50.6 Å². The molecule has 0 saturated heterocycles.